The van der Waals surface area contributed by atoms with Gasteiger partial charge in [-0.2, -0.15) is 5.10 Å². The molecule has 5 nitrogen and oxygen atoms in total. The minimum absolute atomic E-state index is 0.300. The van der Waals surface area contributed by atoms with Gasteiger partial charge in [0.15, 0.2) is 0 Å². The van der Waals surface area contributed by atoms with Gasteiger partial charge in [0.05, 0.1) is 5.71 Å². The van der Waals surface area contributed by atoms with Gasteiger partial charge in [0.25, 0.3) is 0 Å². The first-order chi connectivity index (χ1) is 15.6. The summed E-state index contributed by atoms with van der Waals surface area (Å²) in [4.78, 5) is 9.30. The molecule has 164 valence electrons. The van der Waals surface area contributed by atoms with Crippen LogP contribution < -0.4 is 4.90 Å². The van der Waals surface area contributed by atoms with Gasteiger partial charge in [-0.25, -0.2) is 0 Å². The number of nitrogens with zero attached hydrogens (tertiary/aromatic N) is 5. The molecule has 2 unspecified atom stereocenters. The molecular weight excluding hydrogens is 394 g/mol. The second-order valence-corrected chi connectivity index (χ2v) is 9.15. The average molecular weight is 426 g/mol. The zero-order chi connectivity index (χ0) is 22.1. The summed E-state index contributed by atoms with van der Waals surface area (Å²) < 4.78 is 0. The SMILES string of the molecule is Cc1ccc(N2CCN(C3=NN=C(Cc4ccnc(C)c4)C4=CC=CCC43)CC2C)cc1. The molecule has 2 atom stereocenters. The van der Waals surface area contributed by atoms with E-state index in [1.165, 1.54) is 22.4 Å². The van der Waals surface area contributed by atoms with Gasteiger partial charge in [-0.3, -0.25) is 4.98 Å². The highest BCUT2D eigenvalue weighted by Gasteiger charge is 2.34. The van der Waals surface area contributed by atoms with Crippen molar-refractivity contribution in [3.63, 3.8) is 0 Å². The van der Waals surface area contributed by atoms with E-state index in [1.807, 2.05) is 13.1 Å². The van der Waals surface area contributed by atoms with Crippen molar-refractivity contribution in [2.24, 2.45) is 16.1 Å². The molecular formula is C27H31N5. The number of aryl methyl sites for hydroxylation is 2. The molecule has 0 N–H and O–H groups in total. The van der Waals surface area contributed by atoms with Crippen LogP contribution in [-0.4, -0.2) is 47.1 Å². The molecule has 5 heteroatoms. The van der Waals surface area contributed by atoms with Crippen LogP contribution >= 0.6 is 0 Å². The summed E-state index contributed by atoms with van der Waals surface area (Å²) in [6, 6.07) is 13.5. The fourth-order valence-electron chi connectivity index (χ4n) is 5.02. The Hall–Kier alpha value is -3.21. The molecule has 3 heterocycles. The minimum atomic E-state index is 0.300. The van der Waals surface area contributed by atoms with E-state index in [4.69, 9.17) is 10.2 Å². The van der Waals surface area contributed by atoms with Crippen LogP contribution in [0.3, 0.4) is 0 Å². The highest BCUT2D eigenvalue weighted by molar-refractivity contribution is 6.09. The van der Waals surface area contributed by atoms with E-state index in [9.17, 15) is 0 Å². The lowest BCUT2D eigenvalue weighted by Gasteiger charge is -2.44. The Kier molecular flexibility index (Phi) is 5.64. The topological polar surface area (TPSA) is 44.1 Å². The second-order valence-electron chi connectivity index (χ2n) is 9.15. The van der Waals surface area contributed by atoms with Gasteiger partial charge < -0.3 is 9.80 Å². The first-order valence-electron chi connectivity index (χ1n) is 11.6. The van der Waals surface area contributed by atoms with Gasteiger partial charge in [-0.1, -0.05) is 35.9 Å². The Morgan fingerprint density at radius 1 is 1.03 bits per heavy atom. The molecule has 3 aliphatic rings. The number of hydrogen-bond acceptors (Lipinski definition) is 5. The molecule has 0 bridgehead atoms. The number of pyridine rings is 1. The van der Waals surface area contributed by atoms with E-state index >= 15 is 0 Å². The summed E-state index contributed by atoms with van der Waals surface area (Å²) in [5, 5.41) is 9.54. The van der Waals surface area contributed by atoms with Gasteiger partial charge in [-0.05, 0) is 62.6 Å². The van der Waals surface area contributed by atoms with Crippen LogP contribution in [0.4, 0.5) is 5.69 Å². The predicted molar refractivity (Wildman–Crippen MR) is 132 cm³/mol. The smallest absolute Gasteiger partial charge is 0.135 e. The summed E-state index contributed by atoms with van der Waals surface area (Å²) in [6.07, 6.45) is 10.3. The highest BCUT2D eigenvalue weighted by atomic mass is 15.4. The first kappa shape index (κ1) is 20.7. The number of amidine groups is 1. The van der Waals surface area contributed by atoms with Gasteiger partial charge >= 0.3 is 0 Å². The van der Waals surface area contributed by atoms with E-state index in [-0.39, 0.29) is 0 Å². The standard InChI is InChI=1S/C27H31N5/c1-19-8-10-23(11-9-19)32-15-14-31(18-21(32)3)27-25-7-5-4-6-24(25)26(29-30-27)17-22-12-13-28-20(2)16-22/h4-6,8-13,16,21,25H,7,14-15,17-18H2,1-3H3. The van der Waals surface area contributed by atoms with Crippen molar-refractivity contribution in [3.05, 3.63) is 83.2 Å². The number of fused-ring (bicyclic) bond motifs is 1. The van der Waals surface area contributed by atoms with E-state index < -0.39 is 0 Å². The van der Waals surface area contributed by atoms with Gasteiger partial charge in [-0.15, -0.1) is 5.10 Å². The van der Waals surface area contributed by atoms with Gasteiger partial charge in [0.2, 0.25) is 0 Å². The van der Waals surface area contributed by atoms with Crippen LogP contribution in [0.25, 0.3) is 0 Å². The van der Waals surface area contributed by atoms with Crippen molar-refractivity contribution in [2.75, 3.05) is 24.5 Å². The summed E-state index contributed by atoms with van der Waals surface area (Å²) in [5.74, 6) is 1.43. The predicted octanol–water partition coefficient (Wildman–Crippen LogP) is 4.72. The lowest BCUT2D eigenvalue weighted by Crippen LogP contribution is -2.55. The third kappa shape index (κ3) is 4.12. The van der Waals surface area contributed by atoms with Gasteiger partial charge in [0.1, 0.15) is 5.84 Å². The average Bonchev–Trinajstić information content (AvgIpc) is 2.80. The fourth-order valence-corrected chi connectivity index (χ4v) is 5.02. The maximum Gasteiger partial charge on any atom is 0.135 e. The molecule has 0 radical (unpaired) electrons. The molecule has 1 aromatic carbocycles. The molecule has 1 aliphatic carbocycles. The van der Waals surface area contributed by atoms with E-state index in [2.05, 4.69) is 83.3 Å². The Labute approximate surface area is 190 Å². The zero-order valence-electron chi connectivity index (χ0n) is 19.2. The number of rotatable bonds is 3. The quantitative estimate of drug-likeness (QED) is 0.715. The van der Waals surface area contributed by atoms with E-state index in [0.717, 1.165) is 49.7 Å². The number of allylic oxidation sites excluding steroid dienone is 3. The number of anilines is 1. The van der Waals surface area contributed by atoms with Crippen molar-refractivity contribution < 1.29 is 0 Å². The summed E-state index contributed by atoms with van der Waals surface area (Å²) in [7, 11) is 0. The maximum atomic E-state index is 4.80. The summed E-state index contributed by atoms with van der Waals surface area (Å²) in [5.41, 5.74) is 7.29. The molecule has 5 rings (SSSR count). The molecule has 32 heavy (non-hydrogen) atoms. The largest absolute Gasteiger partial charge is 0.365 e. The lowest BCUT2D eigenvalue weighted by molar-refractivity contribution is 0.325. The van der Waals surface area contributed by atoms with Crippen LogP contribution in [-0.2, 0) is 6.42 Å². The van der Waals surface area contributed by atoms with Gasteiger partial charge in [0, 0.05) is 55.6 Å². The van der Waals surface area contributed by atoms with Crippen LogP contribution in [0.15, 0.2) is 76.6 Å². The molecule has 2 aromatic rings. The third-order valence-corrected chi connectivity index (χ3v) is 6.73. The fraction of sp³-hybridized carbons (Fsp3) is 0.370. The molecule has 0 saturated carbocycles. The first-order valence-corrected chi connectivity index (χ1v) is 11.6. The number of aromatic nitrogens is 1. The van der Waals surface area contributed by atoms with Crippen molar-refractivity contribution >= 4 is 17.2 Å². The van der Waals surface area contributed by atoms with E-state index in [0.29, 0.717) is 12.0 Å². The number of benzene rings is 1. The summed E-state index contributed by atoms with van der Waals surface area (Å²) >= 11 is 0. The Bertz CT molecular complexity index is 1110. The van der Waals surface area contributed by atoms with Crippen LogP contribution in [0, 0.1) is 19.8 Å². The van der Waals surface area contributed by atoms with Crippen molar-refractivity contribution in [2.45, 2.75) is 39.7 Å². The van der Waals surface area contributed by atoms with Crippen LogP contribution in [0.2, 0.25) is 0 Å². The maximum absolute atomic E-state index is 4.80. The molecule has 2 aliphatic heterocycles. The normalized spacial score (nSPS) is 22.8. The molecule has 0 amide bonds. The Morgan fingerprint density at radius 2 is 1.88 bits per heavy atom. The van der Waals surface area contributed by atoms with Crippen molar-refractivity contribution in [1.82, 2.24) is 9.88 Å². The number of piperazine rings is 1. The van der Waals surface area contributed by atoms with Crippen LogP contribution in [0.1, 0.15) is 30.2 Å². The molecule has 0 spiro atoms. The molecule has 1 saturated heterocycles. The molecule has 1 aromatic heterocycles. The van der Waals surface area contributed by atoms with Crippen molar-refractivity contribution in [3.8, 4) is 0 Å². The van der Waals surface area contributed by atoms with Crippen molar-refractivity contribution in [1.29, 1.82) is 0 Å². The van der Waals surface area contributed by atoms with E-state index in [1.54, 1.807) is 0 Å². The Morgan fingerprint density at radius 3 is 2.66 bits per heavy atom. The third-order valence-electron chi connectivity index (χ3n) is 6.73. The lowest BCUT2D eigenvalue weighted by atomic mass is 9.84. The number of hydrogen-bond donors (Lipinski definition) is 0. The zero-order valence-corrected chi connectivity index (χ0v) is 19.2. The highest BCUT2D eigenvalue weighted by Crippen LogP contribution is 2.31. The monoisotopic (exact) mass is 425 g/mol. The summed E-state index contributed by atoms with van der Waals surface area (Å²) in [6.45, 7) is 9.42. The van der Waals surface area contributed by atoms with Crippen LogP contribution in [0.5, 0.6) is 0 Å². The Balaban J connectivity index is 1.36. The minimum Gasteiger partial charge on any atom is -0.365 e. The molecule has 1 fully saturated rings. The second kappa shape index (κ2) is 8.73.